The molecule has 0 fully saturated rings. The van der Waals surface area contributed by atoms with Gasteiger partial charge in [-0.3, -0.25) is 19.6 Å². The van der Waals surface area contributed by atoms with Gasteiger partial charge < -0.3 is 15.1 Å². The number of carboxylic acid groups (broad SMARTS) is 2. The first-order chi connectivity index (χ1) is 21.2. The molecule has 0 aliphatic rings. The molecule has 0 amide bonds. The Kier molecular flexibility index (Phi) is 7.67. The van der Waals surface area contributed by atoms with E-state index in [1.54, 1.807) is 71.8 Å². The second-order valence-electron chi connectivity index (χ2n) is 10.4. The fourth-order valence-electron chi connectivity index (χ4n) is 5.76. The van der Waals surface area contributed by atoms with Gasteiger partial charge in [0, 0.05) is 40.8 Å². The molecule has 9 nitrogen and oxygen atoms in total. The van der Waals surface area contributed by atoms with Gasteiger partial charge in [0.05, 0.1) is 22.3 Å². The fourth-order valence-corrected chi connectivity index (χ4v) is 7.67. The van der Waals surface area contributed by atoms with Crippen molar-refractivity contribution >= 4 is 60.0 Å². The molecule has 0 radical (unpaired) electrons. The zero-order valence-electron chi connectivity index (χ0n) is 23.4. The van der Waals surface area contributed by atoms with Crippen molar-refractivity contribution < 1.29 is 28.2 Å². The number of aliphatic carboxylic acids is 2. The summed E-state index contributed by atoms with van der Waals surface area (Å²) in [6.07, 6.45) is 2.52. The average molecular weight is 606 g/mol. The maximum Gasteiger partial charge on any atom is 0.323 e. The Bertz CT molecular complexity index is 2160. The van der Waals surface area contributed by atoms with E-state index in [-0.39, 0.29) is 23.5 Å². The molecule has 6 rings (SSSR count). The van der Waals surface area contributed by atoms with Crippen LogP contribution in [0.15, 0.2) is 114 Å². The molecule has 6 aromatic rings. The number of anilines is 1. The number of sulfone groups is 1. The van der Waals surface area contributed by atoms with Gasteiger partial charge >= 0.3 is 11.9 Å². The van der Waals surface area contributed by atoms with E-state index in [0.29, 0.717) is 27.4 Å². The number of hydrogen-bond donors (Lipinski definition) is 2. The van der Waals surface area contributed by atoms with Crippen LogP contribution in [0.4, 0.5) is 5.69 Å². The van der Waals surface area contributed by atoms with Crippen LogP contribution >= 0.6 is 0 Å². The quantitative estimate of drug-likeness (QED) is 0.192. The minimum absolute atomic E-state index is 0.0500. The normalized spacial score (nSPS) is 12.4. The highest BCUT2D eigenvalue weighted by Crippen LogP contribution is 2.40. The summed E-state index contributed by atoms with van der Waals surface area (Å²) in [6.45, 7) is -0.104. The number of carbonyl (C=O) groups is 2. The third kappa shape index (κ3) is 5.43. The maximum absolute atomic E-state index is 14.3. The van der Waals surface area contributed by atoms with E-state index in [2.05, 4.69) is 9.97 Å². The molecule has 44 heavy (non-hydrogen) atoms. The molecule has 4 aromatic carbocycles. The first-order valence-corrected chi connectivity index (χ1v) is 15.4. The lowest BCUT2D eigenvalue weighted by atomic mass is 9.98. The van der Waals surface area contributed by atoms with E-state index < -0.39 is 33.4 Å². The molecule has 1 atom stereocenters. The molecule has 10 heteroatoms. The van der Waals surface area contributed by atoms with Crippen molar-refractivity contribution in [2.75, 3.05) is 11.4 Å². The lowest BCUT2D eigenvalue weighted by Gasteiger charge is -2.27. The lowest BCUT2D eigenvalue weighted by Crippen LogP contribution is -2.29. The molecule has 1 unspecified atom stereocenters. The van der Waals surface area contributed by atoms with Gasteiger partial charge in [-0.15, -0.1) is 0 Å². The number of pyridine rings is 2. The van der Waals surface area contributed by atoms with Gasteiger partial charge in [0.2, 0.25) is 0 Å². The number of fused-ring (bicyclic) bond motifs is 3. The van der Waals surface area contributed by atoms with Crippen LogP contribution < -0.4 is 4.90 Å². The first kappa shape index (κ1) is 28.8. The van der Waals surface area contributed by atoms with Crippen molar-refractivity contribution in [1.29, 1.82) is 0 Å². The summed E-state index contributed by atoms with van der Waals surface area (Å²) in [4.78, 5) is 34.6. The number of para-hydroxylation sites is 2. The topological polar surface area (TPSA) is 138 Å². The van der Waals surface area contributed by atoms with Crippen LogP contribution in [0.3, 0.4) is 0 Å². The SMILES string of the molecule is O=C(O)CC(c1ccc(N(CC(=O)O)Cc2cccc3cccnc23)c2ccccc12)S(=O)(=O)c1cccc2cccnc12. The lowest BCUT2D eigenvalue weighted by molar-refractivity contribution is -0.137. The molecule has 0 bridgehead atoms. The zero-order valence-corrected chi connectivity index (χ0v) is 24.2. The fraction of sp³-hybridized carbons (Fsp3) is 0.118. The van der Waals surface area contributed by atoms with Crippen molar-refractivity contribution in [2.45, 2.75) is 23.1 Å². The highest BCUT2D eigenvalue weighted by atomic mass is 32.2. The predicted octanol–water partition coefficient (Wildman–Crippen LogP) is 6.02. The third-order valence-corrected chi connectivity index (χ3v) is 9.77. The van der Waals surface area contributed by atoms with Crippen molar-refractivity contribution in [2.24, 2.45) is 0 Å². The molecule has 2 aromatic heterocycles. The van der Waals surface area contributed by atoms with Gasteiger partial charge in [0.25, 0.3) is 0 Å². The van der Waals surface area contributed by atoms with Crippen LogP contribution in [0.1, 0.15) is 22.8 Å². The van der Waals surface area contributed by atoms with Gasteiger partial charge in [0.15, 0.2) is 9.84 Å². The molecule has 2 heterocycles. The third-order valence-electron chi connectivity index (χ3n) is 7.66. The molecule has 220 valence electrons. The largest absolute Gasteiger partial charge is 0.481 e. The Hall–Kier alpha value is -5.35. The number of rotatable bonds is 10. The summed E-state index contributed by atoms with van der Waals surface area (Å²) >= 11 is 0. The molecular formula is C34H27N3O6S. The Balaban J connectivity index is 1.51. The van der Waals surface area contributed by atoms with Crippen molar-refractivity contribution in [3.05, 3.63) is 121 Å². The summed E-state index contributed by atoms with van der Waals surface area (Å²) in [5, 5.41) is 21.0. The second kappa shape index (κ2) is 11.7. The van der Waals surface area contributed by atoms with Gasteiger partial charge in [-0.05, 0) is 40.8 Å². The van der Waals surface area contributed by atoms with E-state index in [4.69, 9.17) is 0 Å². The molecule has 2 N–H and O–H groups in total. The summed E-state index contributed by atoms with van der Waals surface area (Å²) in [5.41, 5.74) is 2.72. The highest BCUT2D eigenvalue weighted by Gasteiger charge is 2.34. The van der Waals surface area contributed by atoms with E-state index in [0.717, 1.165) is 16.5 Å². The first-order valence-electron chi connectivity index (χ1n) is 13.8. The monoisotopic (exact) mass is 605 g/mol. The summed E-state index contributed by atoms with van der Waals surface area (Å²) < 4.78 is 28.5. The summed E-state index contributed by atoms with van der Waals surface area (Å²) in [7, 11) is -4.25. The van der Waals surface area contributed by atoms with E-state index >= 15 is 0 Å². The number of nitrogens with zero attached hydrogens (tertiary/aromatic N) is 3. The number of benzene rings is 4. The summed E-state index contributed by atoms with van der Waals surface area (Å²) in [5.74, 6) is -2.31. The van der Waals surface area contributed by atoms with Crippen LogP contribution in [0.2, 0.25) is 0 Å². The van der Waals surface area contributed by atoms with Crippen LogP contribution in [0, 0.1) is 0 Å². The Morgan fingerprint density at radius 3 is 2.05 bits per heavy atom. The van der Waals surface area contributed by atoms with Crippen molar-refractivity contribution in [3.8, 4) is 0 Å². The van der Waals surface area contributed by atoms with Gasteiger partial charge in [0.1, 0.15) is 11.8 Å². The Labute approximate surface area is 253 Å². The predicted molar refractivity (Wildman–Crippen MR) is 168 cm³/mol. The maximum atomic E-state index is 14.3. The number of carboxylic acids is 2. The second-order valence-corrected chi connectivity index (χ2v) is 12.5. The van der Waals surface area contributed by atoms with E-state index in [1.807, 2.05) is 30.3 Å². The smallest absolute Gasteiger partial charge is 0.323 e. The van der Waals surface area contributed by atoms with Gasteiger partial charge in [-0.25, -0.2) is 8.42 Å². The van der Waals surface area contributed by atoms with Gasteiger partial charge in [-0.1, -0.05) is 72.8 Å². The van der Waals surface area contributed by atoms with Crippen molar-refractivity contribution in [3.63, 3.8) is 0 Å². The summed E-state index contributed by atoms with van der Waals surface area (Å²) in [6, 6.07) is 28.1. The van der Waals surface area contributed by atoms with Crippen molar-refractivity contribution in [1.82, 2.24) is 9.97 Å². The minimum atomic E-state index is -4.25. The van der Waals surface area contributed by atoms with Gasteiger partial charge in [-0.2, -0.15) is 0 Å². The molecule has 0 aliphatic heterocycles. The standard InChI is InChI=1S/C34H27N3O6S/c38-31(39)19-30(44(42,43)29-14-4-8-23-11-6-18-36-34(23)29)27-15-16-28(26-13-2-1-12-25(26)27)37(21-32(40)41)20-24-9-3-7-22-10-5-17-35-33(22)24/h1-18,30H,19-21H2,(H,38,39)(H,40,41). The van der Waals surface area contributed by atoms with Crippen LogP contribution in [0.25, 0.3) is 32.6 Å². The van der Waals surface area contributed by atoms with E-state index in [1.165, 1.54) is 12.3 Å². The number of aromatic nitrogens is 2. The molecule has 0 spiro atoms. The highest BCUT2D eigenvalue weighted by molar-refractivity contribution is 7.92. The molecule has 0 aliphatic carbocycles. The van der Waals surface area contributed by atoms with Crippen LogP contribution in [-0.4, -0.2) is 47.1 Å². The Morgan fingerprint density at radius 1 is 0.705 bits per heavy atom. The number of hydrogen-bond acceptors (Lipinski definition) is 7. The zero-order chi connectivity index (χ0) is 30.8. The molecule has 0 saturated heterocycles. The van der Waals surface area contributed by atoms with Crippen LogP contribution in [0.5, 0.6) is 0 Å². The minimum Gasteiger partial charge on any atom is -0.481 e. The molecule has 0 saturated carbocycles. The van der Waals surface area contributed by atoms with E-state index in [9.17, 15) is 28.2 Å². The molecular weight excluding hydrogens is 578 g/mol. The Morgan fingerprint density at radius 2 is 1.34 bits per heavy atom. The van der Waals surface area contributed by atoms with Crippen LogP contribution in [-0.2, 0) is 26.0 Å². The average Bonchev–Trinajstić information content (AvgIpc) is 3.02.